The van der Waals surface area contributed by atoms with Crippen LogP contribution in [0, 0.1) is 0 Å². The first-order valence-electron chi connectivity index (χ1n) is 4.20. The maximum atomic E-state index is 10.2. The van der Waals surface area contributed by atoms with E-state index >= 15 is 0 Å². The third-order valence-corrected chi connectivity index (χ3v) is 1.60. The minimum absolute atomic E-state index is 0.155. The average molecular weight is 159 g/mol. The molecule has 0 aromatic carbocycles. The highest BCUT2D eigenvalue weighted by molar-refractivity contribution is 5.64. The van der Waals surface area contributed by atoms with Gasteiger partial charge in [0.1, 0.15) is 0 Å². The topological polar surface area (TPSA) is 49.3 Å². The van der Waals surface area contributed by atoms with Gasteiger partial charge in [-0.05, 0) is 12.8 Å². The van der Waals surface area contributed by atoms with E-state index in [-0.39, 0.29) is 6.04 Å². The van der Waals surface area contributed by atoms with E-state index in [9.17, 15) is 4.79 Å². The lowest BCUT2D eigenvalue weighted by atomic mass is 10.1. The van der Waals surface area contributed by atoms with Gasteiger partial charge in [0.15, 0.2) is 0 Å². The van der Waals surface area contributed by atoms with Gasteiger partial charge < -0.3 is 10.4 Å². The van der Waals surface area contributed by atoms with Gasteiger partial charge in [-0.1, -0.05) is 26.7 Å². The van der Waals surface area contributed by atoms with Crippen LogP contribution in [0.1, 0.15) is 39.5 Å². The molecule has 1 amide bonds. The predicted molar refractivity (Wildman–Crippen MR) is 44.8 cm³/mol. The van der Waals surface area contributed by atoms with Crippen molar-refractivity contribution in [3.63, 3.8) is 0 Å². The van der Waals surface area contributed by atoms with E-state index in [1.165, 1.54) is 0 Å². The van der Waals surface area contributed by atoms with Crippen molar-refractivity contribution in [1.29, 1.82) is 0 Å². The summed E-state index contributed by atoms with van der Waals surface area (Å²) in [4.78, 5) is 10.2. The maximum absolute atomic E-state index is 10.2. The van der Waals surface area contributed by atoms with Gasteiger partial charge in [-0.15, -0.1) is 0 Å². The van der Waals surface area contributed by atoms with Crippen molar-refractivity contribution >= 4 is 6.09 Å². The van der Waals surface area contributed by atoms with Gasteiger partial charge >= 0.3 is 6.09 Å². The van der Waals surface area contributed by atoms with Crippen LogP contribution in [0.25, 0.3) is 0 Å². The first-order chi connectivity index (χ1) is 5.20. The van der Waals surface area contributed by atoms with E-state index < -0.39 is 6.09 Å². The third kappa shape index (κ3) is 5.70. The molecule has 66 valence electrons. The molecule has 0 saturated carbocycles. The quantitative estimate of drug-likeness (QED) is 0.646. The molecule has 0 atom stereocenters. The molecule has 0 heterocycles. The van der Waals surface area contributed by atoms with E-state index in [0.717, 1.165) is 25.7 Å². The van der Waals surface area contributed by atoms with Crippen LogP contribution in [0.15, 0.2) is 0 Å². The Morgan fingerprint density at radius 2 is 1.82 bits per heavy atom. The summed E-state index contributed by atoms with van der Waals surface area (Å²) in [6.45, 7) is 4.12. The van der Waals surface area contributed by atoms with Gasteiger partial charge in [0, 0.05) is 6.04 Å². The maximum Gasteiger partial charge on any atom is 0.404 e. The summed E-state index contributed by atoms with van der Waals surface area (Å²) >= 11 is 0. The molecule has 0 saturated heterocycles. The fraction of sp³-hybridized carbons (Fsp3) is 0.875. The van der Waals surface area contributed by atoms with Gasteiger partial charge in [-0.25, -0.2) is 4.79 Å². The fourth-order valence-electron chi connectivity index (χ4n) is 1.16. The lowest BCUT2D eigenvalue weighted by molar-refractivity contribution is 0.188. The Morgan fingerprint density at radius 3 is 2.09 bits per heavy atom. The lowest BCUT2D eigenvalue weighted by Crippen LogP contribution is -2.33. The van der Waals surface area contributed by atoms with E-state index in [1.54, 1.807) is 0 Å². The molecule has 0 aromatic rings. The molecule has 0 aliphatic rings. The Bertz CT molecular complexity index is 109. The molecule has 0 aliphatic heterocycles. The van der Waals surface area contributed by atoms with E-state index in [2.05, 4.69) is 19.2 Å². The molecule has 0 spiro atoms. The SMILES string of the molecule is CCCC(CCC)NC(=O)O. The second-order valence-corrected chi connectivity index (χ2v) is 2.72. The second kappa shape index (κ2) is 6.01. The van der Waals surface area contributed by atoms with E-state index in [0.29, 0.717) is 0 Å². The summed E-state index contributed by atoms with van der Waals surface area (Å²) in [7, 11) is 0. The Balaban J connectivity index is 3.59. The molecule has 11 heavy (non-hydrogen) atoms. The van der Waals surface area contributed by atoms with Crippen molar-refractivity contribution < 1.29 is 9.90 Å². The number of amides is 1. The smallest absolute Gasteiger partial charge is 0.404 e. The van der Waals surface area contributed by atoms with E-state index in [1.807, 2.05) is 0 Å². The molecule has 3 nitrogen and oxygen atoms in total. The standard InChI is InChI=1S/C8H17NO2/c1-3-5-7(6-4-2)9-8(10)11/h7,9H,3-6H2,1-2H3,(H,10,11). The summed E-state index contributed by atoms with van der Waals surface area (Å²) in [6, 6.07) is 0.155. The highest BCUT2D eigenvalue weighted by Gasteiger charge is 2.07. The monoisotopic (exact) mass is 159 g/mol. The molecule has 2 N–H and O–H groups in total. The van der Waals surface area contributed by atoms with Crippen molar-refractivity contribution in [2.45, 2.75) is 45.6 Å². The molecular weight excluding hydrogens is 142 g/mol. The lowest BCUT2D eigenvalue weighted by Gasteiger charge is -2.14. The number of hydrogen-bond acceptors (Lipinski definition) is 1. The largest absolute Gasteiger partial charge is 0.465 e. The Morgan fingerprint density at radius 1 is 1.36 bits per heavy atom. The Labute approximate surface area is 67.8 Å². The summed E-state index contributed by atoms with van der Waals surface area (Å²) in [5.74, 6) is 0. The second-order valence-electron chi connectivity index (χ2n) is 2.72. The molecule has 0 aromatic heterocycles. The highest BCUT2D eigenvalue weighted by atomic mass is 16.4. The zero-order chi connectivity index (χ0) is 8.69. The number of nitrogens with one attached hydrogen (secondary N) is 1. The van der Waals surface area contributed by atoms with Crippen LogP contribution >= 0.6 is 0 Å². The van der Waals surface area contributed by atoms with Crippen molar-refractivity contribution in [3.8, 4) is 0 Å². The minimum Gasteiger partial charge on any atom is -0.465 e. The van der Waals surface area contributed by atoms with Crippen LogP contribution in [0.4, 0.5) is 4.79 Å². The van der Waals surface area contributed by atoms with Gasteiger partial charge in [0.2, 0.25) is 0 Å². The predicted octanol–water partition coefficient (Wildman–Crippen LogP) is 2.22. The van der Waals surface area contributed by atoms with Crippen LogP contribution in [0.5, 0.6) is 0 Å². The van der Waals surface area contributed by atoms with Crippen LogP contribution in [0.3, 0.4) is 0 Å². The van der Waals surface area contributed by atoms with Gasteiger partial charge in [-0.2, -0.15) is 0 Å². The summed E-state index contributed by atoms with van der Waals surface area (Å²) in [5, 5.41) is 10.9. The third-order valence-electron chi connectivity index (χ3n) is 1.60. The van der Waals surface area contributed by atoms with Crippen molar-refractivity contribution in [1.82, 2.24) is 5.32 Å². The molecule has 0 fully saturated rings. The normalized spacial score (nSPS) is 10.1. The van der Waals surface area contributed by atoms with Crippen molar-refractivity contribution in [2.24, 2.45) is 0 Å². The number of hydrogen-bond donors (Lipinski definition) is 2. The molecule has 3 heteroatoms. The van der Waals surface area contributed by atoms with Gasteiger partial charge in [-0.3, -0.25) is 0 Å². The first-order valence-corrected chi connectivity index (χ1v) is 4.20. The molecule has 0 unspecified atom stereocenters. The first kappa shape index (κ1) is 10.3. The fourth-order valence-corrected chi connectivity index (χ4v) is 1.16. The summed E-state index contributed by atoms with van der Waals surface area (Å²) in [5.41, 5.74) is 0. The molecule has 0 rings (SSSR count). The Kier molecular flexibility index (Phi) is 5.61. The number of carbonyl (C=O) groups is 1. The molecule has 0 bridgehead atoms. The highest BCUT2D eigenvalue weighted by Crippen LogP contribution is 2.03. The van der Waals surface area contributed by atoms with Crippen LogP contribution < -0.4 is 5.32 Å². The van der Waals surface area contributed by atoms with Gasteiger partial charge in [0.05, 0.1) is 0 Å². The van der Waals surface area contributed by atoms with Crippen LogP contribution in [0.2, 0.25) is 0 Å². The molecule has 0 radical (unpaired) electrons. The van der Waals surface area contributed by atoms with Gasteiger partial charge in [0.25, 0.3) is 0 Å². The number of carboxylic acid groups (broad SMARTS) is 1. The van der Waals surface area contributed by atoms with Crippen LogP contribution in [-0.2, 0) is 0 Å². The van der Waals surface area contributed by atoms with Crippen LogP contribution in [-0.4, -0.2) is 17.2 Å². The molecular formula is C8H17NO2. The summed E-state index contributed by atoms with van der Waals surface area (Å²) < 4.78 is 0. The van der Waals surface area contributed by atoms with E-state index in [4.69, 9.17) is 5.11 Å². The molecule has 0 aliphatic carbocycles. The zero-order valence-electron chi connectivity index (χ0n) is 7.26. The summed E-state index contributed by atoms with van der Waals surface area (Å²) in [6.07, 6.45) is 3.05. The zero-order valence-corrected chi connectivity index (χ0v) is 7.26. The van der Waals surface area contributed by atoms with Crippen molar-refractivity contribution in [2.75, 3.05) is 0 Å². The average Bonchev–Trinajstić information content (AvgIpc) is 1.87. The minimum atomic E-state index is -0.906. The van der Waals surface area contributed by atoms with Crippen molar-refractivity contribution in [3.05, 3.63) is 0 Å². The Hall–Kier alpha value is -0.730. The number of rotatable bonds is 5.